The number of para-hydroxylation sites is 1. The van der Waals surface area contributed by atoms with E-state index in [0.29, 0.717) is 54.5 Å². The predicted octanol–water partition coefficient (Wildman–Crippen LogP) is 8.85. The van der Waals surface area contributed by atoms with Crippen molar-refractivity contribution >= 4 is 28.5 Å². The van der Waals surface area contributed by atoms with Gasteiger partial charge in [-0.2, -0.15) is 0 Å². The zero-order valence-electron chi connectivity index (χ0n) is 33.0. The Morgan fingerprint density at radius 1 is 0.981 bits per heavy atom. The summed E-state index contributed by atoms with van der Waals surface area (Å²) in [5, 5.41) is 37.6. The number of hydrogen-bond acceptors (Lipinski definition) is 7. The highest BCUT2D eigenvalue weighted by Gasteiger charge is 2.65. The van der Waals surface area contributed by atoms with Gasteiger partial charge in [0.15, 0.2) is 0 Å². The molecule has 8 nitrogen and oxygen atoms in total. The van der Waals surface area contributed by atoms with Gasteiger partial charge in [0.05, 0.1) is 36.2 Å². The number of benzene rings is 2. The maximum Gasteiger partial charge on any atom is 0.341 e. The molecule has 4 fully saturated rings. The lowest BCUT2D eigenvalue weighted by Gasteiger charge is -2.64. The van der Waals surface area contributed by atoms with Crippen molar-refractivity contribution < 1.29 is 29.6 Å². The van der Waals surface area contributed by atoms with Crippen LogP contribution in [0.4, 0.5) is 5.69 Å². The van der Waals surface area contributed by atoms with Crippen molar-refractivity contribution in [3.05, 3.63) is 70.9 Å². The number of carbonyl (C=O) groups is 2. The van der Waals surface area contributed by atoms with Crippen molar-refractivity contribution in [1.82, 2.24) is 4.98 Å². The Morgan fingerprint density at radius 2 is 1.72 bits per heavy atom. The summed E-state index contributed by atoms with van der Waals surface area (Å²) in [7, 11) is 1.41. The third kappa shape index (κ3) is 6.95. The molecule has 4 saturated carbocycles. The molecular weight excluding hydrogens is 677 g/mol. The second kappa shape index (κ2) is 15.6. The molecule has 0 bridgehead atoms. The van der Waals surface area contributed by atoms with Gasteiger partial charge in [-0.15, -0.1) is 0 Å². The van der Waals surface area contributed by atoms with E-state index in [-0.39, 0.29) is 41.2 Å². The van der Waals surface area contributed by atoms with E-state index in [4.69, 9.17) is 9.72 Å². The van der Waals surface area contributed by atoms with Crippen LogP contribution in [0.15, 0.2) is 48.5 Å². The van der Waals surface area contributed by atoms with Gasteiger partial charge in [0, 0.05) is 18.4 Å². The summed E-state index contributed by atoms with van der Waals surface area (Å²) in [6.45, 7) is 9.50. The number of esters is 1. The van der Waals surface area contributed by atoms with Gasteiger partial charge in [0.2, 0.25) is 0 Å². The number of pyridine rings is 1. The molecule has 0 saturated heterocycles. The quantitative estimate of drug-likeness (QED) is 0.136. The number of rotatable bonds is 12. The summed E-state index contributed by atoms with van der Waals surface area (Å²) >= 11 is 0. The number of nitrogens with one attached hydrogen (secondary N) is 1. The number of methoxy groups -OCH3 is 1. The minimum Gasteiger partial charge on any atom is -0.481 e. The van der Waals surface area contributed by atoms with Gasteiger partial charge < -0.3 is 25.4 Å². The molecule has 0 aliphatic heterocycles. The van der Waals surface area contributed by atoms with Gasteiger partial charge in [-0.1, -0.05) is 70.2 Å². The number of aliphatic carboxylic acids is 1. The molecule has 0 spiro atoms. The maximum atomic E-state index is 12.9. The van der Waals surface area contributed by atoms with Crippen molar-refractivity contribution in [2.45, 2.75) is 123 Å². The molecule has 5 unspecified atom stereocenters. The van der Waals surface area contributed by atoms with Gasteiger partial charge in [-0.05, 0) is 140 Å². The van der Waals surface area contributed by atoms with Crippen LogP contribution in [0, 0.1) is 52.3 Å². The number of aliphatic hydroxyl groups excluding tert-OH is 2. The standard InChI is InChI=1S/C46H62N2O6/c1-6-36-42(44(53)54-5)43(32-9-7-8-10-37(32)48-36)47-26-30-16-13-28(14-17-30)12-15-29-21-22-45(3)31(23-29)24-38(49)41-34-19-18-33(27(2)11-20-40(51)52)46(34,4)39(50)25-35(41)45/h7-10,13-14,16-17,27,29,31,33-35,38-39,41,49-50H,6,11-12,15,18-26H2,1-5H3,(H,47,48)(H,51,52)/t27-,29+,31?,33-,34?,35?,38?,39+,41?,45+,46-/m1/s1. The number of fused-ring (bicyclic) bond motifs is 6. The van der Waals surface area contributed by atoms with E-state index < -0.39 is 12.1 Å². The highest BCUT2D eigenvalue weighted by Crippen LogP contribution is 2.68. The molecule has 7 rings (SSSR count). The first-order chi connectivity index (χ1) is 25.9. The van der Waals surface area contributed by atoms with Gasteiger partial charge in [0.1, 0.15) is 5.56 Å². The molecule has 4 aliphatic carbocycles. The summed E-state index contributed by atoms with van der Waals surface area (Å²) in [4.78, 5) is 29.0. The SMILES string of the molecule is CCc1nc2ccccc2c(NCc2ccc(CC[C@H]3CC[C@@]4(C)C(CC(O)C5C4C[C@H](O)[C@@]4(C)C5CC[C@@H]4[C@H](C)CCC(=O)O)C3)cc2)c1C(=O)OC. The van der Waals surface area contributed by atoms with Crippen molar-refractivity contribution in [3.8, 4) is 0 Å². The van der Waals surface area contributed by atoms with Gasteiger partial charge in [-0.25, -0.2) is 4.79 Å². The first kappa shape index (κ1) is 38.8. The Morgan fingerprint density at radius 3 is 2.44 bits per heavy atom. The normalized spacial score (nSPS) is 33.7. The number of ether oxygens (including phenoxy) is 1. The zero-order chi connectivity index (χ0) is 38.4. The Balaban J connectivity index is 0.971. The zero-order valence-corrected chi connectivity index (χ0v) is 33.0. The van der Waals surface area contributed by atoms with Crippen LogP contribution >= 0.6 is 0 Å². The maximum absolute atomic E-state index is 12.9. The number of aryl methyl sites for hydroxylation is 2. The lowest BCUT2D eigenvalue weighted by Crippen LogP contribution is -2.62. The van der Waals surface area contributed by atoms with Gasteiger partial charge >= 0.3 is 11.9 Å². The third-order valence-corrected chi connectivity index (χ3v) is 15.5. The number of aromatic nitrogens is 1. The van der Waals surface area contributed by atoms with E-state index in [1.807, 2.05) is 31.2 Å². The van der Waals surface area contributed by atoms with Crippen LogP contribution in [-0.2, 0) is 28.9 Å². The van der Waals surface area contributed by atoms with Crippen LogP contribution in [0.1, 0.15) is 119 Å². The fourth-order valence-corrected chi connectivity index (χ4v) is 12.5. The number of anilines is 1. The molecule has 54 heavy (non-hydrogen) atoms. The average molecular weight is 739 g/mol. The van der Waals surface area contributed by atoms with E-state index in [9.17, 15) is 24.9 Å². The van der Waals surface area contributed by atoms with Crippen LogP contribution in [0.3, 0.4) is 0 Å². The smallest absolute Gasteiger partial charge is 0.341 e. The lowest BCUT2D eigenvalue weighted by molar-refractivity contribution is -0.204. The lowest BCUT2D eigenvalue weighted by atomic mass is 9.42. The summed E-state index contributed by atoms with van der Waals surface area (Å²) in [6.07, 6.45) is 10.1. The molecule has 11 atom stereocenters. The largest absolute Gasteiger partial charge is 0.481 e. The fraction of sp³-hybridized carbons (Fsp3) is 0.630. The van der Waals surface area contributed by atoms with Crippen LogP contribution in [0.5, 0.6) is 0 Å². The molecule has 4 aliphatic rings. The first-order valence-electron chi connectivity index (χ1n) is 20.8. The van der Waals surface area contributed by atoms with E-state index >= 15 is 0 Å². The molecule has 3 aromatic rings. The molecule has 0 radical (unpaired) electrons. The van der Waals surface area contributed by atoms with E-state index in [1.54, 1.807) is 0 Å². The Kier molecular flexibility index (Phi) is 11.2. The van der Waals surface area contributed by atoms with Gasteiger partial charge in [-0.3, -0.25) is 9.78 Å². The number of carbonyl (C=O) groups excluding carboxylic acids is 1. The minimum absolute atomic E-state index is 0.135. The van der Waals surface area contributed by atoms with E-state index in [1.165, 1.54) is 19.1 Å². The van der Waals surface area contributed by atoms with Crippen LogP contribution < -0.4 is 5.32 Å². The summed E-state index contributed by atoms with van der Waals surface area (Å²) in [6, 6.07) is 16.7. The number of carboxylic acid groups (broad SMARTS) is 1. The third-order valence-electron chi connectivity index (χ3n) is 15.5. The first-order valence-corrected chi connectivity index (χ1v) is 20.8. The fourth-order valence-electron chi connectivity index (χ4n) is 12.5. The molecule has 4 N–H and O–H groups in total. The number of aliphatic hydroxyl groups is 2. The van der Waals surface area contributed by atoms with Crippen molar-refractivity contribution in [3.63, 3.8) is 0 Å². The van der Waals surface area contributed by atoms with Crippen molar-refractivity contribution in [2.75, 3.05) is 12.4 Å². The van der Waals surface area contributed by atoms with Crippen LogP contribution in [0.2, 0.25) is 0 Å². The van der Waals surface area contributed by atoms with Crippen LogP contribution in [0.25, 0.3) is 10.9 Å². The van der Waals surface area contributed by atoms with Gasteiger partial charge in [0.25, 0.3) is 0 Å². The van der Waals surface area contributed by atoms with E-state index in [0.717, 1.165) is 79.2 Å². The van der Waals surface area contributed by atoms with E-state index in [2.05, 4.69) is 50.4 Å². The molecular formula is C46H62N2O6. The molecule has 1 heterocycles. The monoisotopic (exact) mass is 738 g/mol. The highest BCUT2D eigenvalue weighted by atomic mass is 16.5. The number of nitrogens with zero attached hydrogens (tertiary/aromatic N) is 1. The molecule has 8 heteroatoms. The highest BCUT2D eigenvalue weighted by molar-refractivity contribution is 6.06. The topological polar surface area (TPSA) is 129 Å². The Bertz CT molecular complexity index is 1830. The molecule has 1 aromatic heterocycles. The second-order valence-electron chi connectivity index (χ2n) is 18.0. The molecule has 2 aromatic carbocycles. The molecule has 0 amide bonds. The minimum atomic E-state index is -0.747. The Labute approximate surface area is 321 Å². The Hall–Kier alpha value is -3.49. The summed E-state index contributed by atoms with van der Waals surface area (Å²) in [5.74, 6) is 1.36. The second-order valence-corrected chi connectivity index (χ2v) is 18.0. The van der Waals surface area contributed by atoms with Crippen molar-refractivity contribution in [1.29, 1.82) is 0 Å². The summed E-state index contributed by atoms with van der Waals surface area (Å²) in [5.41, 5.74) is 5.20. The van der Waals surface area contributed by atoms with Crippen LogP contribution in [-0.4, -0.2) is 51.6 Å². The predicted molar refractivity (Wildman–Crippen MR) is 212 cm³/mol. The van der Waals surface area contributed by atoms with Crippen molar-refractivity contribution in [2.24, 2.45) is 52.3 Å². The summed E-state index contributed by atoms with van der Waals surface area (Å²) < 4.78 is 5.17. The average Bonchev–Trinajstić information content (AvgIpc) is 3.53. The number of carboxylic acids is 1. The number of hydrogen-bond donors (Lipinski definition) is 4. The molecule has 292 valence electrons.